The number of aryl methyl sites for hydroxylation is 4. The Bertz CT molecular complexity index is 1250. The van der Waals surface area contributed by atoms with Gasteiger partial charge in [0, 0.05) is 25.6 Å². The van der Waals surface area contributed by atoms with Crippen LogP contribution in [0.4, 0.5) is 5.69 Å². The number of rotatable bonds is 9. The maximum atomic E-state index is 13.6. The molecule has 1 aromatic heterocycles. The predicted octanol–water partition coefficient (Wildman–Crippen LogP) is 4.16. The van der Waals surface area contributed by atoms with Gasteiger partial charge in [0.15, 0.2) is 0 Å². The lowest BCUT2D eigenvalue weighted by molar-refractivity contribution is -0.130. The number of aromatic nitrogens is 1. The Hall–Kier alpha value is -3.33. The first-order chi connectivity index (χ1) is 16.0. The quantitative estimate of drug-likeness (QED) is 0.452. The van der Waals surface area contributed by atoms with Crippen LogP contribution in [0.3, 0.4) is 0 Å². The summed E-state index contributed by atoms with van der Waals surface area (Å²) in [6, 6.07) is 11.8. The van der Waals surface area contributed by atoms with Gasteiger partial charge < -0.3 is 14.2 Å². The van der Waals surface area contributed by atoms with Crippen LogP contribution >= 0.6 is 0 Å². The van der Waals surface area contributed by atoms with Gasteiger partial charge in [0.2, 0.25) is 5.91 Å². The zero-order chi connectivity index (χ0) is 25.0. The van der Waals surface area contributed by atoms with Crippen molar-refractivity contribution in [3.8, 4) is 5.75 Å². The number of amides is 1. The molecule has 0 bridgehead atoms. The van der Waals surface area contributed by atoms with Gasteiger partial charge in [-0.15, -0.1) is 0 Å². The van der Waals surface area contributed by atoms with Gasteiger partial charge in [0.25, 0.3) is 10.0 Å². The van der Waals surface area contributed by atoms with E-state index in [1.165, 1.54) is 4.31 Å². The molecule has 0 atom stereocenters. The molecular formula is C25H31N3O5S. The minimum atomic E-state index is -3.90. The summed E-state index contributed by atoms with van der Waals surface area (Å²) in [5.74, 6) is 1.09. The molecule has 0 aliphatic rings. The Morgan fingerprint density at radius 1 is 1.03 bits per heavy atom. The number of methoxy groups -OCH3 is 1. The van der Waals surface area contributed by atoms with E-state index >= 15 is 0 Å². The topological polar surface area (TPSA) is 92.9 Å². The van der Waals surface area contributed by atoms with E-state index in [0.717, 1.165) is 22.4 Å². The lowest BCUT2D eigenvalue weighted by Crippen LogP contribution is -2.36. The lowest BCUT2D eigenvalue weighted by Gasteiger charge is -2.26. The summed E-state index contributed by atoms with van der Waals surface area (Å²) in [5.41, 5.74) is 3.93. The molecule has 0 spiro atoms. The maximum Gasteiger partial charge on any atom is 0.264 e. The molecule has 0 unspecified atom stereocenters. The number of hydrogen-bond donors (Lipinski definition) is 0. The summed E-state index contributed by atoms with van der Waals surface area (Å²) in [5, 5.41) is 3.92. The Balaban J connectivity index is 1.86. The minimum absolute atomic E-state index is 0.00758. The fourth-order valence-corrected chi connectivity index (χ4v) is 5.13. The molecule has 1 heterocycles. The van der Waals surface area contributed by atoms with Crippen molar-refractivity contribution in [1.29, 1.82) is 0 Å². The summed E-state index contributed by atoms with van der Waals surface area (Å²) in [6.07, 6.45) is 0.00990. The van der Waals surface area contributed by atoms with Crippen LogP contribution in [0.2, 0.25) is 0 Å². The van der Waals surface area contributed by atoms with Crippen molar-refractivity contribution in [1.82, 2.24) is 10.1 Å². The zero-order valence-electron chi connectivity index (χ0n) is 20.5. The standard InChI is InChI=1S/C25H31N3O5S/c1-17-7-12-23(15-18(17)2)34(30,31)28(21-8-10-22(32-6)11-9-21)14-13-25(29)27(5)16-24-19(3)26-33-20(24)4/h7-12,15H,13-14,16H2,1-6H3. The number of benzene rings is 2. The highest BCUT2D eigenvalue weighted by atomic mass is 32.2. The van der Waals surface area contributed by atoms with Crippen LogP contribution in [0.5, 0.6) is 5.75 Å². The van der Waals surface area contributed by atoms with Crippen molar-refractivity contribution in [3.05, 3.63) is 70.6 Å². The third-order valence-corrected chi connectivity index (χ3v) is 7.78. The second kappa shape index (κ2) is 10.3. The minimum Gasteiger partial charge on any atom is -0.497 e. The van der Waals surface area contributed by atoms with Crippen LogP contribution in [0.1, 0.15) is 34.6 Å². The third kappa shape index (κ3) is 5.41. The number of hydrogen-bond acceptors (Lipinski definition) is 6. The third-order valence-electron chi connectivity index (χ3n) is 5.96. The molecule has 9 heteroatoms. The van der Waals surface area contributed by atoms with Crippen LogP contribution in [-0.2, 0) is 21.4 Å². The molecule has 0 radical (unpaired) electrons. The van der Waals surface area contributed by atoms with Gasteiger partial charge in [-0.2, -0.15) is 0 Å². The first-order valence-corrected chi connectivity index (χ1v) is 12.4. The Kier molecular flexibility index (Phi) is 7.66. The molecule has 182 valence electrons. The molecule has 0 N–H and O–H groups in total. The van der Waals surface area contributed by atoms with Crippen molar-refractivity contribution >= 4 is 21.6 Å². The zero-order valence-corrected chi connectivity index (χ0v) is 21.3. The molecular weight excluding hydrogens is 454 g/mol. The van der Waals surface area contributed by atoms with Crippen molar-refractivity contribution in [2.75, 3.05) is 25.0 Å². The molecule has 0 saturated carbocycles. The van der Waals surface area contributed by atoms with E-state index < -0.39 is 10.0 Å². The number of ether oxygens (including phenoxy) is 1. The second-order valence-electron chi connectivity index (χ2n) is 8.32. The van der Waals surface area contributed by atoms with Crippen LogP contribution in [-0.4, -0.2) is 45.1 Å². The van der Waals surface area contributed by atoms with Gasteiger partial charge in [-0.3, -0.25) is 9.10 Å². The molecule has 3 aromatic rings. The van der Waals surface area contributed by atoms with Crippen molar-refractivity contribution in [2.24, 2.45) is 0 Å². The maximum absolute atomic E-state index is 13.6. The molecule has 0 aliphatic heterocycles. The summed E-state index contributed by atoms with van der Waals surface area (Å²) in [6.45, 7) is 7.76. The summed E-state index contributed by atoms with van der Waals surface area (Å²) in [4.78, 5) is 14.7. The van der Waals surface area contributed by atoms with Gasteiger partial charge in [-0.05, 0) is 75.2 Å². The first-order valence-electron chi connectivity index (χ1n) is 10.9. The van der Waals surface area contributed by atoms with Crippen molar-refractivity contribution < 1.29 is 22.5 Å². The average molecular weight is 486 g/mol. The van der Waals surface area contributed by atoms with Crippen LogP contribution in [0, 0.1) is 27.7 Å². The molecule has 3 rings (SSSR count). The fourth-order valence-electron chi connectivity index (χ4n) is 3.58. The van der Waals surface area contributed by atoms with Crippen LogP contribution in [0.25, 0.3) is 0 Å². The van der Waals surface area contributed by atoms with E-state index in [1.807, 2.05) is 20.8 Å². The van der Waals surface area contributed by atoms with Gasteiger partial charge in [0.1, 0.15) is 11.5 Å². The summed E-state index contributed by atoms with van der Waals surface area (Å²) < 4.78 is 38.9. The van der Waals surface area contributed by atoms with Crippen LogP contribution in [0.15, 0.2) is 51.9 Å². The Labute approximate surface area is 201 Å². The van der Waals surface area contributed by atoms with E-state index in [1.54, 1.807) is 68.4 Å². The fraction of sp³-hybridized carbons (Fsp3) is 0.360. The Morgan fingerprint density at radius 2 is 1.71 bits per heavy atom. The van der Waals surface area contributed by atoms with Gasteiger partial charge >= 0.3 is 0 Å². The van der Waals surface area contributed by atoms with Crippen molar-refractivity contribution in [2.45, 2.75) is 45.6 Å². The van der Waals surface area contributed by atoms with Crippen molar-refractivity contribution in [3.63, 3.8) is 0 Å². The highest BCUT2D eigenvalue weighted by Crippen LogP contribution is 2.27. The highest BCUT2D eigenvalue weighted by molar-refractivity contribution is 7.92. The van der Waals surface area contributed by atoms with E-state index in [9.17, 15) is 13.2 Å². The SMILES string of the molecule is COc1ccc(N(CCC(=O)N(C)Cc2c(C)noc2C)S(=O)(=O)c2ccc(C)c(C)c2)cc1. The number of anilines is 1. The monoisotopic (exact) mass is 485 g/mol. The Morgan fingerprint density at radius 3 is 2.26 bits per heavy atom. The first kappa shape index (κ1) is 25.3. The number of carbonyl (C=O) groups is 1. The van der Waals surface area contributed by atoms with E-state index in [0.29, 0.717) is 23.7 Å². The second-order valence-corrected chi connectivity index (χ2v) is 10.2. The molecule has 0 saturated heterocycles. The largest absolute Gasteiger partial charge is 0.497 e. The number of sulfonamides is 1. The normalized spacial score (nSPS) is 11.4. The number of carbonyl (C=O) groups excluding carboxylic acids is 1. The lowest BCUT2D eigenvalue weighted by atomic mass is 10.1. The number of nitrogens with zero attached hydrogens (tertiary/aromatic N) is 3. The van der Waals surface area contributed by atoms with Crippen LogP contribution < -0.4 is 9.04 Å². The van der Waals surface area contributed by atoms with Gasteiger partial charge in [-0.1, -0.05) is 11.2 Å². The average Bonchev–Trinajstić information content (AvgIpc) is 3.13. The molecule has 2 aromatic carbocycles. The predicted molar refractivity (Wildman–Crippen MR) is 131 cm³/mol. The van der Waals surface area contributed by atoms with E-state index in [4.69, 9.17) is 9.26 Å². The molecule has 8 nitrogen and oxygen atoms in total. The van der Waals surface area contributed by atoms with Gasteiger partial charge in [-0.25, -0.2) is 8.42 Å². The molecule has 34 heavy (non-hydrogen) atoms. The van der Waals surface area contributed by atoms with E-state index in [-0.39, 0.29) is 23.8 Å². The smallest absolute Gasteiger partial charge is 0.264 e. The summed E-state index contributed by atoms with van der Waals surface area (Å²) >= 11 is 0. The van der Waals surface area contributed by atoms with Gasteiger partial charge in [0.05, 0.1) is 29.9 Å². The highest BCUT2D eigenvalue weighted by Gasteiger charge is 2.27. The van der Waals surface area contributed by atoms with E-state index in [2.05, 4.69) is 5.16 Å². The molecule has 0 aliphatic carbocycles. The molecule has 1 amide bonds. The molecule has 0 fully saturated rings. The summed E-state index contributed by atoms with van der Waals surface area (Å²) in [7, 11) is -0.669.